The third kappa shape index (κ3) is 6.88. The molecule has 210 valence electrons. The van der Waals surface area contributed by atoms with E-state index >= 15 is 0 Å². The predicted molar refractivity (Wildman–Crippen MR) is 132 cm³/mol. The Labute approximate surface area is 216 Å². The van der Waals surface area contributed by atoms with Crippen molar-refractivity contribution in [2.24, 2.45) is 19.5 Å². The van der Waals surface area contributed by atoms with Crippen molar-refractivity contribution in [2.45, 2.75) is 45.8 Å². The van der Waals surface area contributed by atoms with Crippen LogP contribution in [0.25, 0.3) is 11.2 Å². The molecule has 1 aliphatic rings. The number of fused-ring (bicyclic) bond motifs is 1. The molecular formula is C23H32F4N8O3. The summed E-state index contributed by atoms with van der Waals surface area (Å²) in [5, 5.41) is 18.3. The lowest BCUT2D eigenvalue weighted by atomic mass is 9.81. The minimum absolute atomic E-state index is 0.381. The number of ether oxygens (including phenoxy) is 1. The monoisotopic (exact) mass is 544 g/mol. The second-order valence-corrected chi connectivity index (χ2v) is 9.17. The fraction of sp³-hybridized carbons (Fsp3) is 0.609. The zero-order chi connectivity index (χ0) is 28.1. The Balaban J connectivity index is 0.000000505. The Hall–Kier alpha value is -3.49. The molecule has 0 saturated carbocycles. The number of alkyl halides is 4. The van der Waals surface area contributed by atoms with Gasteiger partial charge in [0.05, 0.1) is 12.4 Å². The Morgan fingerprint density at radius 2 is 1.84 bits per heavy atom. The van der Waals surface area contributed by atoms with E-state index in [-0.39, 0.29) is 6.67 Å². The average Bonchev–Trinajstić information content (AvgIpc) is 3.39. The van der Waals surface area contributed by atoms with Crippen LogP contribution in [0.5, 0.6) is 0 Å². The molecule has 0 unspecified atom stereocenters. The first-order valence-electron chi connectivity index (χ1n) is 12.0. The van der Waals surface area contributed by atoms with E-state index in [1.54, 1.807) is 0 Å². The molecule has 0 aliphatic carbocycles. The number of nitrogens with one attached hydrogen (secondary N) is 2. The first kappa shape index (κ1) is 29.1. The molecule has 0 radical (unpaired) electrons. The van der Waals surface area contributed by atoms with Gasteiger partial charge in [-0.25, -0.2) is 9.78 Å². The summed E-state index contributed by atoms with van der Waals surface area (Å²) in [7, 11) is 3.86. The molecule has 38 heavy (non-hydrogen) atoms. The zero-order valence-electron chi connectivity index (χ0n) is 21.7. The van der Waals surface area contributed by atoms with E-state index < -0.39 is 17.6 Å². The third-order valence-electron chi connectivity index (χ3n) is 6.43. The number of carbonyl (C=O) groups is 1. The van der Waals surface area contributed by atoms with Gasteiger partial charge in [-0.3, -0.25) is 9.07 Å². The van der Waals surface area contributed by atoms with E-state index in [0.29, 0.717) is 56.6 Å². The van der Waals surface area contributed by atoms with Gasteiger partial charge in [-0.1, -0.05) is 6.92 Å². The minimum atomic E-state index is -5.08. The smallest absolute Gasteiger partial charge is 0.475 e. The van der Waals surface area contributed by atoms with Gasteiger partial charge in [0.1, 0.15) is 11.3 Å². The van der Waals surface area contributed by atoms with Crippen LogP contribution in [0.15, 0.2) is 6.20 Å². The maximum Gasteiger partial charge on any atom is 0.490 e. The molecule has 15 heteroatoms. The topological polar surface area (TPSA) is 132 Å². The number of halogens is 4. The number of carboxylic acid groups (broad SMARTS) is 1. The van der Waals surface area contributed by atoms with Crippen LogP contribution in [0.3, 0.4) is 0 Å². The molecule has 0 atom stereocenters. The standard InChI is InChI=1S/C21H31FN8O.C2HF3O2/c1-5-16-15(11-29(3)28-16)10-23-20-26-18(17-19(27-20)25-14(2)30(17)4)24-13-21(12-22)6-8-31-9-7-21;3-2(4,5)1(6)7/h11H,5-10,12-13H2,1-4H3,(H2,23,24,26,27);(H,6,7). The molecule has 4 heterocycles. The van der Waals surface area contributed by atoms with Crippen LogP contribution in [-0.2, 0) is 36.6 Å². The molecule has 0 aromatic carbocycles. The van der Waals surface area contributed by atoms with Gasteiger partial charge in [0, 0.05) is 57.6 Å². The van der Waals surface area contributed by atoms with Crippen LogP contribution in [-0.4, -0.2) is 73.0 Å². The van der Waals surface area contributed by atoms with Crippen molar-refractivity contribution >= 4 is 28.9 Å². The quantitative estimate of drug-likeness (QED) is 0.365. The number of aliphatic carboxylic acids is 1. The van der Waals surface area contributed by atoms with Gasteiger partial charge >= 0.3 is 12.1 Å². The highest BCUT2D eigenvalue weighted by molar-refractivity contribution is 5.85. The highest BCUT2D eigenvalue weighted by Gasteiger charge is 2.38. The molecule has 1 fully saturated rings. The average molecular weight is 545 g/mol. The molecule has 3 aromatic heterocycles. The molecule has 0 amide bonds. The minimum Gasteiger partial charge on any atom is -0.475 e. The van der Waals surface area contributed by atoms with Gasteiger partial charge in [0.2, 0.25) is 5.95 Å². The van der Waals surface area contributed by atoms with Gasteiger partial charge in [0.25, 0.3) is 0 Å². The molecule has 1 saturated heterocycles. The lowest BCUT2D eigenvalue weighted by Gasteiger charge is -2.34. The lowest BCUT2D eigenvalue weighted by Crippen LogP contribution is -2.38. The van der Waals surface area contributed by atoms with Crippen molar-refractivity contribution in [3.05, 3.63) is 23.3 Å². The maximum atomic E-state index is 13.9. The van der Waals surface area contributed by atoms with Crippen LogP contribution < -0.4 is 10.6 Å². The van der Waals surface area contributed by atoms with Crippen molar-refractivity contribution in [2.75, 3.05) is 37.1 Å². The van der Waals surface area contributed by atoms with E-state index in [2.05, 4.69) is 32.6 Å². The SMILES string of the molecule is CCc1nn(C)cc1CNc1nc(NCC2(CF)CCOCC2)c2c(n1)nc(C)n2C.O=C(O)C(F)(F)F. The number of anilines is 2. The highest BCUT2D eigenvalue weighted by Crippen LogP contribution is 2.32. The Kier molecular flexibility index (Phi) is 9.12. The Bertz CT molecular complexity index is 1250. The molecule has 1 aliphatic heterocycles. The van der Waals surface area contributed by atoms with Crippen molar-refractivity contribution < 1.29 is 32.2 Å². The number of rotatable bonds is 8. The molecule has 11 nitrogen and oxygen atoms in total. The highest BCUT2D eigenvalue weighted by atomic mass is 19.4. The van der Waals surface area contributed by atoms with Gasteiger partial charge in [-0.2, -0.15) is 28.2 Å². The van der Waals surface area contributed by atoms with Crippen LogP contribution in [0.2, 0.25) is 0 Å². The second kappa shape index (κ2) is 11.9. The summed E-state index contributed by atoms with van der Waals surface area (Å²) in [5.74, 6) is -0.763. The summed E-state index contributed by atoms with van der Waals surface area (Å²) in [6, 6.07) is 0. The van der Waals surface area contributed by atoms with Crippen molar-refractivity contribution in [3.8, 4) is 0 Å². The Morgan fingerprint density at radius 3 is 2.42 bits per heavy atom. The van der Waals surface area contributed by atoms with Gasteiger partial charge < -0.3 is 25.0 Å². The van der Waals surface area contributed by atoms with Crippen LogP contribution in [0.1, 0.15) is 36.8 Å². The summed E-state index contributed by atoms with van der Waals surface area (Å²) in [4.78, 5) is 22.8. The van der Waals surface area contributed by atoms with Gasteiger partial charge in [-0.05, 0) is 26.2 Å². The number of nitrogens with zero attached hydrogens (tertiary/aromatic N) is 6. The molecular weight excluding hydrogens is 512 g/mol. The second-order valence-electron chi connectivity index (χ2n) is 9.17. The number of carboxylic acids is 1. The Morgan fingerprint density at radius 1 is 1.18 bits per heavy atom. The normalized spacial score (nSPS) is 15.2. The van der Waals surface area contributed by atoms with Crippen LogP contribution >= 0.6 is 0 Å². The summed E-state index contributed by atoms with van der Waals surface area (Å²) in [6.07, 6.45) is -0.828. The summed E-state index contributed by atoms with van der Waals surface area (Å²) >= 11 is 0. The van der Waals surface area contributed by atoms with Crippen molar-refractivity contribution in [1.82, 2.24) is 29.3 Å². The first-order valence-corrected chi connectivity index (χ1v) is 12.0. The van der Waals surface area contributed by atoms with Gasteiger partial charge in [0.15, 0.2) is 11.5 Å². The molecule has 0 bridgehead atoms. The molecule has 3 N–H and O–H groups in total. The van der Waals surface area contributed by atoms with E-state index in [4.69, 9.17) is 19.6 Å². The predicted octanol–water partition coefficient (Wildman–Crippen LogP) is 3.39. The van der Waals surface area contributed by atoms with E-state index in [1.807, 2.05) is 36.5 Å². The van der Waals surface area contributed by atoms with Gasteiger partial charge in [-0.15, -0.1) is 0 Å². The maximum absolute atomic E-state index is 13.9. The fourth-order valence-corrected chi connectivity index (χ4v) is 4.06. The van der Waals surface area contributed by atoms with E-state index in [1.165, 1.54) is 0 Å². The summed E-state index contributed by atoms with van der Waals surface area (Å²) in [5.41, 5.74) is 3.16. The largest absolute Gasteiger partial charge is 0.490 e. The number of aryl methyl sites for hydroxylation is 4. The zero-order valence-corrected chi connectivity index (χ0v) is 21.7. The molecule has 0 spiro atoms. The van der Waals surface area contributed by atoms with E-state index in [0.717, 1.165) is 29.0 Å². The van der Waals surface area contributed by atoms with Crippen molar-refractivity contribution in [3.63, 3.8) is 0 Å². The number of imidazole rings is 1. The number of hydrogen-bond donors (Lipinski definition) is 3. The van der Waals surface area contributed by atoms with Crippen molar-refractivity contribution in [1.29, 1.82) is 0 Å². The van der Waals surface area contributed by atoms with E-state index in [9.17, 15) is 17.6 Å². The molecule has 3 aromatic rings. The number of aromatic nitrogens is 6. The number of hydrogen-bond acceptors (Lipinski definition) is 8. The van der Waals surface area contributed by atoms with Crippen LogP contribution in [0, 0.1) is 12.3 Å². The third-order valence-corrected chi connectivity index (χ3v) is 6.43. The summed E-state index contributed by atoms with van der Waals surface area (Å²) in [6.45, 7) is 5.88. The fourth-order valence-electron chi connectivity index (χ4n) is 4.06. The summed E-state index contributed by atoms with van der Waals surface area (Å²) < 4.78 is 54.9. The van der Waals surface area contributed by atoms with Crippen LogP contribution in [0.4, 0.5) is 29.3 Å². The first-order chi connectivity index (χ1) is 17.9. The lowest BCUT2D eigenvalue weighted by molar-refractivity contribution is -0.192. The molecule has 4 rings (SSSR count).